The molecule has 1 aliphatic carbocycles. The molecule has 0 aromatic heterocycles. The second kappa shape index (κ2) is 11.6. The number of benzene rings is 1. The van der Waals surface area contributed by atoms with Crippen molar-refractivity contribution in [1.82, 2.24) is 15.1 Å². The zero-order valence-corrected chi connectivity index (χ0v) is 21.8. The minimum absolute atomic E-state index is 0.0692. The first-order valence-electron chi connectivity index (χ1n) is 13.6. The number of hydrogen-bond acceptors (Lipinski definition) is 5. The smallest absolute Gasteiger partial charge is 0.246 e. The first-order valence-corrected chi connectivity index (χ1v) is 13.6. The van der Waals surface area contributed by atoms with Crippen LogP contribution in [0.25, 0.3) is 0 Å². The highest BCUT2D eigenvalue weighted by Crippen LogP contribution is 2.36. The number of piperidine rings is 1. The summed E-state index contributed by atoms with van der Waals surface area (Å²) in [7, 11) is 3.29. The maximum absolute atomic E-state index is 13.7. The second-order valence-electron chi connectivity index (χ2n) is 10.6. The second-order valence-corrected chi connectivity index (χ2v) is 10.6. The molecule has 1 saturated carbocycles. The van der Waals surface area contributed by atoms with E-state index in [1.54, 1.807) is 14.2 Å². The third-order valence-corrected chi connectivity index (χ3v) is 8.38. The van der Waals surface area contributed by atoms with E-state index in [0.29, 0.717) is 25.3 Å². The normalized spacial score (nSPS) is 23.4. The van der Waals surface area contributed by atoms with Crippen molar-refractivity contribution in [2.45, 2.75) is 89.3 Å². The minimum atomic E-state index is -0.705. The molecule has 35 heavy (non-hydrogen) atoms. The summed E-state index contributed by atoms with van der Waals surface area (Å²) in [5.74, 6) is 2.23. The molecule has 3 aliphatic rings. The number of methoxy groups -OCH3 is 2. The number of hydrogen-bond donors (Lipinski definition) is 1. The number of nitrogens with zero attached hydrogens (tertiary/aromatic N) is 2. The van der Waals surface area contributed by atoms with Gasteiger partial charge < -0.3 is 19.7 Å². The summed E-state index contributed by atoms with van der Waals surface area (Å²) in [5.41, 5.74) is 0.446. The third-order valence-electron chi connectivity index (χ3n) is 8.38. The Labute approximate surface area is 210 Å². The van der Waals surface area contributed by atoms with Crippen LogP contribution in [-0.4, -0.2) is 67.0 Å². The maximum atomic E-state index is 13.7. The van der Waals surface area contributed by atoms with Gasteiger partial charge in [-0.05, 0) is 49.3 Å². The quantitative estimate of drug-likeness (QED) is 0.569. The molecule has 2 amide bonds. The lowest BCUT2D eigenvalue weighted by Crippen LogP contribution is -2.73. The van der Waals surface area contributed by atoms with Crippen LogP contribution < -0.4 is 14.8 Å². The number of piperazine rings is 1. The number of unbranched alkanes of at least 4 members (excludes halogenated alkanes) is 1. The highest BCUT2D eigenvalue weighted by Gasteiger charge is 2.53. The standard InChI is InChI=1S/C28H43N3O4/c1-4-5-15-31-26(32)23(18-21-9-7-6-8-10-21)29-27(33)28(31)13-16-30(17-14-28)20-22-11-12-24(34-2)25(19-22)35-3/h11-12,19,21,23H,4-10,13-18,20H2,1-3H3,(H,29,33). The SMILES string of the molecule is CCCCN1C(=O)C(CC2CCCCC2)NC(=O)C12CCN(Cc1ccc(OC)c(OC)c1)CC2. The van der Waals surface area contributed by atoms with Crippen LogP contribution in [0.5, 0.6) is 11.5 Å². The Hall–Kier alpha value is -2.28. The van der Waals surface area contributed by atoms with Crippen LogP contribution in [0.4, 0.5) is 0 Å². The average molecular weight is 486 g/mol. The number of rotatable bonds is 9. The minimum Gasteiger partial charge on any atom is -0.493 e. The first kappa shape index (κ1) is 25.8. The molecule has 2 heterocycles. The third kappa shape index (κ3) is 5.60. The molecule has 0 bridgehead atoms. The number of nitrogens with one attached hydrogen (secondary N) is 1. The molecule has 2 saturated heterocycles. The molecule has 2 aliphatic heterocycles. The van der Waals surface area contributed by atoms with Gasteiger partial charge in [-0.2, -0.15) is 0 Å². The molecule has 1 atom stereocenters. The predicted octanol–water partition coefficient (Wildman–Crippen LogP) is 4.14. The molecule has 7 heteroatoms. The zero-order chi connectivity index (χ0) is 24.8. The monoisotopic (exact) mass is 485 g/mol. The molecular weight excluding hydrogens is 442 g/mol. The van der Waals surface area contributed by atoms with Crippen LogP contribution in [0, 0.1) is 5.92 Å². The summed E-state index contributed by atoms with van der Waals surface area (Å²) >= 11 is 0. The van der Waals surface area contributed by atoms with Crippen molar-refractivity contribution < 1.29 is 19.1 Å². The molecule has 7 nitrogen and oxygen atoms in total. The van der Waals surface area contributed by atoms with E-state index < -0.39 is 5.54 Å². The average Bonchev–Trinajstić information content (AvgIpc) is 2.89. The van der Waals surface area contributed by atoms with E-state index >= 15 is 0 Å². The molecule has 194 valence electrons. The molecule has 3 fully saturated rings. The first-order chi connectivity index (χ1) is 17.0. The van der Waals surface area contributed by atoms with Crippen molar-refractivity contribution in [3.05, 3.63) is 23.8 Å². The Balaban J connectivity index is 1.43. The van der Waals surface area contributed by atoms with Crippen molar-refractivity contribution in [3.63, 3.8) is 0 Å². The van der Waals surface area contributed by atoms with Gasteiger partial charge in [0.2, 0.25) is 11.8 Å². The Morgan fingerprint density at radius 1 is 1.03 bits per heavy atom. The van der Waals surface area contributed by atoms with Gasteiger partial charge >= 0.3 is 0 Å². The fourth-order valence-corrected chi connectivity index (χ4v) is 6.25. The number of amides is 2. The molecule has 1 unspecified atom stereocenters. The van der Waals surface area contributed by atoms with Gasteiger partial charge in [0.25, 0.3) is 0 Å². The van der Waals surface area contributed by atoms with E-state index in [2.05, 4.69) is 23.2 Å². The van der Waals surface area contributed by atoms with Crippen LogP contribution in [0.3, 0.4) is 0 Å². The maximum Gasteiger partial charge on any atom is 0.246 e. The van der Waals surface area contributed by atoms with Gasteiger partial charge in [0.1, 0.15) is 11.6 Å². The Kier molecular flexibility index (Phi) is 8.58. The lowest BCUT2D eigenvalue weighted by atomic mass is 9.79. The summed E-state index contributed by atoms with van der Waals surface area (Å²) < 4.78 is 10.8. The summed E-state index contributed by atoms with van der Waals surface area (Å²) in [4.78, 5) is 31.7. The topological polar surface area (TPSA) is 71.1 Å². The molecule has 1 spiro atoms. The van der Waals surface area contributed by atoms with Gasteiger partial charge in [-0.15, -0.1) is 0 Å². The van der Waals surface area contributed by atoms with Crippen LogP contribution >= 0.6 is 0 Å². The van der Waals surface area contributed by atoms with Crippen molar-refractivity contribution >= 4 is 11.8 Å². The van der Waals surface area contributed by atoms with Crippen LogP contribution in [0.1, 0.15) is 76.7 Å². The zero-order valence-electron chi connectivity index (χ0n) is 21.8. The fraction of sp³-hybridized carbons (Fsp3) is 0.714. The van der Waals surface area contributed by atoms with Crippen LogP contribution in [0.2, 0.25) is 0 Å². The lowest BCUT2D eigenvalue weighted by molar-refractivity contribution is -0.162. The molecular formula is C28H43N3O4. The van der Waals surface area contributed by atoms with E-state index in [0.717, 1.165) is 56.0 Å². The molecule has 1 aromatic rings. The van der Waals surface area contributed by atoms with E-state index in [1.165, 1.54) is 32.1 Å². The van der Waals surface area contributed by atoms with Gasteiger partial charge in [0, 0.05) is 26.2 Å². The lowest BCUT2D eigenvalue weighted by Gasteiger charge is -2.52. The van der Waals surface area contributed by atoms with Crippen LogP contribution in [0.15, 0.2) is 18.2 Å². The van der Waals surface area contributed by atoms with Gasteiger partial charge in [0.05, 0.1) is 14.2 Å². The highest BCUT2D eigenvalue weighted by molar-refractivity contribution is 6.00. The Morgan fingerprint density at radius 3 is 2.40 bits per heavy atom. The van der Waals surface area contributed by atoms with Crippen molar-refractivity contribution in [3.8, 4) is 11.5 Å². The number of ether oxygens (including phenoxy) is 2. The van der Waals surface area contributed by atoms with E-state index in [-0.39, 0.29) is 17.9 Å². The number of carbonyl (C=O) groups is 2. The van der Waals surface area contributed by atoms with Crippen molar-refractivity contribution in [1.29, 1.82) is 0 Å². The van der Waals surface area contributed by atoms with Gasteiger partial charge in [-0.25, -0.2) is 0 Å². The van der Waals surface area contributed by atoms with Gasteiger partial charge in [0.15, 0.2) is 11.5 Å². The number of likely N-dealkylation sites (tertiary alicyclic amines) is 1. The summed E-state index contributed by atoms with van der Waals surface area (Å²) in [6.07, 6.45) is 10.3. The predicted molar refractivity (Wildman–Crippen MR) is 137 cm³/mol. The fourth-order valence-electron chi connectivity index (χ4n) is 6.25. The summed E-state index contributed by atoms with van der Waals surface area (Å²) in [5, 5.41) is 3.19. The van der Waals surface area contributed by atoms with Crippen LogP contribution in [-0.2, 0) is 16.1 Å². The van der Waals surface area contributed by atoms with Crippen molar-refractivity contribution in [2.75, 3.05) is 33.9 Å². The summed E-state index contributed by atoms with van der Waals surface area (Å²) in [6, 6.07) is 5.67. The molecule has 4 rings (SSSR count). The van der Waals surface area contributed by atoms with Gasteiger partial charge in [-0.3, -0.25) is 14.5 Å². The van der Waals surface area contributed by atoms with E-state index in [4.69, 9.17) is 9.47 Å². The molecule has 0 radical (unpaired) electrons. The Morgan fingerprint density at radius 2 is 1.74 bits per heavy atom. The summed E-state index contributed by atoms with van der Waals surface area (Å²) in [6.45, 7) is 5.17. The van der Waals surface area contributed by atoms with Gasteiger partial charge in [-0.1, -0.05) is 51.5 Å². The van der Waals surface area contributed by atoms with Crippen molar-refractivity contribution in [2.24, 2.45) is 5.92 Å². The highest BCUT2D eigenvalue weighted by atomic mass is 16.5. The molecule has 1 N–H and O–H groups in total. The largest absolute Gasteiger partial charge is 0.493 e. The number of carbonyl (C=O) groups excluding carboxylic acids is 2. The van der Waals surface area contributed by atoms with E-state index in [1.807, 2.05) is 17.0 Å². The van der Waals surface area contributed by atoms with E-state index in [9.17, 15) is 9.59 Å². The molecule has 1 aromatic carbocycles. The Bertz CT molecular complexity index is 875.